The zero-order valence-corrected chi connectivity index (χ0v) is 76.1. The molecule has 34 heteroatoms. The van der Waals surface area contributed by atoms with Gasteiger partial charge >= 0.3 is 0 Å². The van der Waals surface area contributed by atoms with Gasteiger partial charge in [0.25, 0.3) is 10.1 Å². The fourth-order valence-corrected chi connectivity index (χ4v) is 16.7. The Kier molecular flexibility index (Phi) is 34.9. The number of rotatable bonds is 23. The smallest absolute Gasteiger partial charge is 0.294 e. The zero-order valence-electron chi connectivity index (χ0n) is 69.6. The summed E-state index contributed by atoms with van der Waals surface area (Å²) in [5.41, 5.74) is 18.5. The molecule has 0 spiro atoms. The van der Waals surface area contributed by atoms with Gasteiger partial charge in [0.05, 0.1) is 56.1 Å². The maximum Gasteiger partial charge on any atom is 0.294 e. The van der Waals surface area contributed by atoms with Crippen molar-refractivity contribution in [3.05, 3.63) is 153 Å². The molecule has 5 aromatic carbocycles. The van der Waals surface area contributed by atoms with Gasteiger partial charge in [0.2, 0.25) is 23.1 Å². The van der Waals surface area contributed by atoms with Crippen LogP contribution in [-0.4, -0.2) is 245 Å². The van der Waals surface area contributed by atoms with E-state index in [1.54, 1.807) is 76.9 Å². The second-order valence-electron chi connectivity index (χ2n) is 29.9. The molecule has 117 heavy (non-hydrogen) atoms. The monoisotopic (exact) mass is 1800 g/mol. The third-order valence-corrected chi connectivity index (χ3v) is 25.1. The number of nitrogens with two attached hydrogens (primary N) is 1. The molecule has 0 bridgehead atoms. The number of aliphatic hydroxyl groups is 1. The lowest BCUT2D eigenvalue weighted by Gasteiger charge is -2.43. The van der Waals surface area contributed by atoms with Crippen molar-refractivity contribution in [3.63, 3.8) is 0 Å². The molecular weight excluding hydrogens is 1690 g/mol. The summed E-state index contributed by atoms with van der Waals surface area (Å²) in [5.74, 6) is 4.23. The Hall–Kier alpha value is -8.29. The van der Waals surface area contributed by atoms with E-state index in [-0.39, 0.29) is 18.6 Å². The summed E-state index contributed by atoms with van der Waals surface area (Å²) in [4.78, 5) is 53.8. The highest BCUT2D eigenvalue weighted by atomic mass is 79.9. The molecule has 13 rings (SSSR count). The van der Waals surface area contributed by atoms with Crippen LogP contribution < -0.4 is 61.4 Å². The van der Waals surface area contributed by atoms with Crippen molar-refractivity contribution in [2.45, 2.75) is 96.0 Å². The number of aliphatic hydroxyl groups excluding tert-OH is 1. The Morgan fingerprint density at radius 1 is 0.590 bits per heavy atom. The minimum atomic E-state index is -4.02. The molecule has 7 N–H and O–H groups in total. The Labute approximate surface area is 713 Å². The van der Waals surface area contributed by atoms with Gasteiger partial charge in [0.15, 0.2) is 8.46 Å². The number of piperazine rings is 2. The number of benzene rings is 5. The summed E-state index contributed by atoms with van der Waals surface area (Å²) >= 11 is 12.8. The van der Waals surface area contributed by atoms with Crippen molar-refractivity contribution in [1.29, 1.82) is 0 Å². The molecule has 0 atom stereocenters. The molecule has 4 aliphatic heterocycles. The third-order valence-electron chi connectivity index (χ3n) is 20.8. The van der Waals surface area contributed by atoms with Crippen LogP contribution in [0.1, 0.15) is 76.0 Å². The number of unbranched alkanes of at least 4 members (excludes halogenated alkanes) is 1. The number of nitrogens with zero attached hydrogens (tertiary/aromatic N) is 16. The molecule has 0 saturated carbocycles. The number of halogens is 3. The molecule has 4 aliphatic rings. The number of anilines is 11. The Morgan fingerprint density at radius 2 is 1.05 bits per heavy atom. The van der Waals surface area contributed by atoms with E-state index < -0.39 is 17.3 Å². The van der Waals surface area contributed by atoms with Gasteiger partial charge in [-0.25, -0.2) is 29.9 Å². The molecule has 28 nitrogen and oxygen atoms in total. The minimum Gasteiger partial charge on any atom is -0.495 e. The van der Waals surface area contributed by atoms with Gasteiger partial charge in [0.1, 0.15) is 30.3 Å². The summed E-state index contributed by atoms with van der Waals surface area (Å²) in [6.45, 7) is 26.0. The third kappa shape index (κ3) is 26.4. The second-order valence-corrected chi connectivity index (χ2v) is 37.2. The number of hydrogen-bond acceptors (Lipinski definition) is 27. The molecule has 0 amide bonds. The van der Waals surface area contributed by atoms with Crippen LogP contribution in [0.3, 0.4) is 0 Å². The summed E-state index contributed by atoms with van der Waals surface area (Å²) < 4.78 is 67.4. The number of nitrogen functional groups attached to an aromatic ring is 1. The van der Waals surface area contributed by atoms with Crippen molar-refractivity contribution in [3.8, 4) is 33.8 Å². The van der Waals surface area contributed by atoms with Crippen LogP contribution in [0.4, 0.5) is 63.6 Å². The zero-order chi connectivity index (χ0) is 84.7. The number of nitrogens with one attached hydrogen (secondary N) is 3. The highest BCUT2D eigenvalue weighted by Crippen LogP contribution is 2.42. The second kappa shape index (κ2) is 44.1. The van der Waals surface area contributed by atoms with Crippen molar-refractivity contribution < 1.29 is 36.7 Å². The van der Waals surface area contributed by atoms with Crippen molar-refractivity contribution in [2.24, 2.45) is 0 Å². The van der Waals surface area contributed by atoms with Gasteiger partial charge in [-0.2, -0.15) is 18.4 Å². The lowest BCUT2D eigenvalue weighted by molar-refractivity contribution is 0.0982. The lowest BCUT2D eigenvalue weighted by Crippen LogP contribution is -2.52. The SMILES string of the molecule is CCCCO.CCc1cc(N)c(OC)cc1N1CCC(N2CCN(C)CC2)CC1.CCc1cc(Nc2ncc(Br)c(Nc3ccc(-c4cnc(N(C)C)nc4)cc3P(C)(C)=O)n2)c(OC)cc1N1CCC(N2CCN(C)CC2)CC1.CN(C)c1ncc(-c2ccc(Nc3nc(Cl)ncc3Br)c(P=O)c2)cn1.Cc1ccc(S(=O)(=O)O)cc1. The number of aromatic nitrogens is 8. The summed E-state index contributed by atoms with van der Waals surface area (Å²) in [7, 11) is 8.54. The number of aryl methyl sites for hydroxylation is 3. The molecule has 0 radical (unpaired) electrons. The topological polar surface area (TPSA) is 318 Å². The van der Waals surface area contributed by atoms with E-state index in [0.717, 1.165) is 122 Å². The predicted molar refractivity (Wildman–Crippen MR) is 485 cm³/mol. The molecule has 0 aliphatic carbocycles. The van der Waals surface area contributed by atoms with E-state index >= 15 is 0 Å². The number of hydrogen-bond donors (Lipinski definition) is 6. The first kappa shape index (κ1) is 92.6. The summed E-state index contributed by atoms with van der Waals surface area (Å²) in [6.07, 6.45) is 19.1. The maximum atomic E-state index is 13.6. The Balaban J connectivity index is 0.000000197. The molecule has 4 saturated heterocycles. The number of ether oxygens (including phenoxy) is 2. The highest BCUT2D eigenvalue weighted by molar-refractivity contribution is 9.11. The number of likely N-dealkylation sites (N-methyl/N-ethyl adjacent to an activating group) is 2. The summed E-state index contributed by atoms with van der Waals surface area (Å²) in [5, 5.41) is 19.4. The molecule has 0 unspecified atom stereocenters. The number of methoxy groups -OCH3 is 2. The lowest BCUT2D eigenvalue weighted by atomic mass is 9.99. The van der Waals surface area contributed by atoms with Crippen LogP contribution >= 0.6 is 59.1 Å². The first-order valence-electron chi connectivity index (χ1n) is 39.3. The van der Waals surface area contributed by atoms with E-state index in [1.807, 2.05) is 81.3 Å². The molecular formula is C83H113Br2ClN20O8P2S. The minimum absolute atomic E-state index is 0.0666. The fraction of sp³-hybridized carbons (Fsp3) is 0.446. The van der Waals surface area contributed by atoms with Crippen LogP contribution in [0.25, 0.3) is 22.3 Å². The quantitative estimate of drug-likeness (QED) is 0.0150. The van der Waals surface area contributed by atoms with Gasteiger partial charge < -0.3 is 70.2 Å². The molecule has 630 valence electrons. The van der Waals surface area contributed by atoms with Crippen molar-refractivity contribution in [2.75, 3.05) is 196 Å². The Bertz CT molecular complexity index is 4880. The van der Waals surface area contributed by atoms with Crippen molar-refractivity contribution in [1.82, 2.24) is 59.5 Å². The standard InChI is InChI=1S/C37H50BrN10O2P.C19H32N4O.C16H13BrClN6OP.C7H8O3S.C4H10O/c1-8-25-19-31(33(50-5)21-32(25)48-13-11-28(12-14-48)47-17-15-46(4)16-18-47)43-36-39-24-29(38)35(44-36)42-30-10-9-26(20-34(30)51(6,7)49)27-22-40-37(41-23-27)45(2)3;1-4-15-13-17(20)19(24-3)14-18(15)23-7-5-16(6-8-23)22-11-9-21(2)10-12-22;1-24(2)16-20-6-10(7-21-16)9-3-4-12(13(5-9)26-25)22-14-11(17)8-19-15(18)23-14;1-6-2-4-7(5-3-6)11(8,9)10;1-2-3-4-5/h9-10,19-24,28H,8,11-18H2,1-7H3,(H2,39,42,43,44);13-14,16H,4-12,20H2,1-3H3;3-8H,1-2H3,(H,19,22,23);2-5H,1H3,(H,8,9,10);5H,2-4H2,1H3. The van der Waals surface area contributed by atoms with E-state index in [9.17, 15) is 17.5 Å². The van der Waals surface area contributed by atoms with Crippen LogP contribution in [-0.2, 0) is 32.1 Å². The Morgan fingerprint density at radius 3 is 1.50 bits per heavy atom. The van der Waals surface area contributed by atoms with E-state index in [1.165, 1.54) is 99.6 Å². The van der Waals surface area contributed by atoms with E-state index in [4.69, 9.17) is 41.5 Å². The average Bonchev–Trinajstić information content (AvgIpc) is 0.753. The largest absolute Gasteiger partial charge is 0.495 e. The molecule has 8 heterocycles. The van der Waals surface area contributed by atoms with Gasteiger partial charge in [0, 0.05) is 203 Å². The van der Waals surface area contributed by atoms with Crippen LogP contribution in [0.5, 0.6) is 11.5 Å². The number of piperidine rings is 2. The van der Waals surface area contributed by atoms with Gasteiger partial charge in [-0.3, -0.25) is 18.9 Å². The van der Waals surface area contributed by atoms with Crippen LogP contribution in [0.2, 0.25) is 5.28 Å². The van der Waals surface area contributed by atoms with Crippen LogP contribution in [0.15, 0.2) is 136 Å². The predicted octanol–water partition coefficient (Wildman–Crippen LogP) is 14.4. The van der Waals surface area contributed by atoms with Crippen molar-refractivity contribution >= 4 is 143 Å². The average molecular weight is 1810 g/mol. The van der Waals surface area contributed by atoms with Gasteiger partial charge in [-0.1, -0.05) is 57.0 Å². The first-order chi connectivity index (χ1) is 55.9. The van der Waals surface area contributed by atoms with Crippen LogP contribution in [0, 0.1) is 6.92 Å². The normalized spacial score (nSPS) is 15.3. The fourth-order valence-electron chi connectivity index (χ4n) is 13.9. The van der Waals surface area contributed by atoms with Gasteiger partial charge in [-0.15, -0.1) is 0 Å². The summed E-state index contributed by atoms with van der Waals surface area (Å²) in [6, 6.07) is 27.3. The highest BCUT2D eigenvalue weighted by Gasteiger charge is 2.31. The molecule has 4 aromatic heterocycles. The first-order valence-corrected chi connectivity index (χ1v) is 46.1. The molecule has 4 fully saturated rings. The molecule has 9 aromatic rings. The van der Waals surface area contributed by atoms with E-state index in [0.29, 0.717) is 73.1 Å². The maximum absolute atomic E-state index is 13.6. The van der Waals surface area contributed by atoms with E-state index in [2.05, 4.69) is 171 Å². The van der Waals surface area contributed by atoms with Gasteiger partial charge in [-0.05, 0) is 194 Å².